The van der Waals surface area contributed by atoms with Gasteiger partial charge >= 0.3 is 0 Å². The summed E-state index contributed by atoms with van der Waals surface area (Å²) in [6.45, 7) is 0.0504. The minimum atomic E-state index is -0.187. The Morgan fingerprint density at radius 2 is 2.38 bits per heavy atom. The van der Waals surface area contributed by atoms with Gasteiger partial charge in [-0.15, -0.1) is 0 Å². The maximum atomic E-state index is 11.0. The zero-order valence-corrected chi connectivity index (χ0v) is 7.41. The molecule has 1 aromatic carbocycles. The molecule has 1 amide bonds. The molecule has 0 atom stereocenters. The minimum Gasteiger partial charge on any atom is -0.399 e. The number of hydrogen-bond acceptors (Lipinski definition) is 3. The number of carbonyl (C=O) groups is 1. The summed E-state index contributed by atoms with van der Waals surface area (Å²) in [6.07, 6.45) is 0. The minimum absolute atomic E-state index is 0.0504. The predicted molar refractivity (Wildman–Crippen MR) is 51.4 cm³/mol. The van der Waals surface area contributed by atoms with Crippen LogP contribution in [0.3, 0.4) is 0 Å². The normalized spacial score (nSPS) is 9.62. The molecule has 0 radical (unpaired) electrons. The van der Waals surface area contributed by atoms with Gasteiger partial charge in [-0.25, -0.2) is 0 Å². The maximum absolute atomic E-state index is 11.0. The first-order chi connectivity index (χ1) is 6.22. The Balaban J connectivity index is 2.58. The Labute approximate surface area is 76.7 Å². The summed E-state index contributed by atoms with van der Waals surface area (Å²) in [6, 6.07) is 6.99. The SMILES string of the molecule is COCC(=O)Nc1cccc(N)c1. The van der Waals surface area contributed by atoms with Gasteiger partial charge in [-0.3, -0.25) is 4.79 Å². The Bertz CT molecular complexity index is 299. The van der Waals surface area contributed by atoms with Crippen molar-refractivity contribution in [2.75, 3.05) is 24.8 Å². The first-order valence-electron chi connectivity index (χ1n) is 3.86. The number of carbonyl (C=O) groups excluding carboxylic acids is 1. The van der Waals surface area contributed by atoms with Gasteiger partial charge in [0, 0.05) is 18.5 Å². The van der Waals surface area contributed by atoms with Gasteiger partial charge in [-0.2, -0.15) is 0 Å². The lowest BCUT2D eigenvalue weighted by molar-refractivity contribution is -0.119. The number of amides is 1. The average Bonchev–Trinajstić information content (AvgIpc) is 2.04. The molecule has 0 saturated carbocycles. The summed E-state index contributed by atoms with van der Waals surface area (Å²) in [4.78, 5) is 11.0. The van der Waals surface area contributed by atoms with Gasteiger partial charge in [0.05, 0.1) is 0 Å². The quantitative estimate of drug-likeness (QED) is 0.678. The van der Waals surface area contributed by atoms with Gasteiger partial charge in [-0.05, 0) is 18.2 Å². The van der Waals surface area contributed by atoms with E-state index >= 15 is 0 Å². The number of ether oxygens (including phenoxy) is 1. The monoisotopic (exact) mass is 180 g/mol. The van der Waals surface area contributed by atoms with E-state index in [0.717, 1.165) is 0 Å². The first-order valence-corrected chi connectivity index (χ1v) is 3.86. The molecule has 0 fully saturated rings. The molecule has 4 heteroatoms. The van der Waals surface area contributed by atoms with E-state index in [1.54, 1.807) is 24.3 Å². The van der Waals surface area contributed by atoms with Gasteiger partial charge in [0.15, 0.2) is 0 Å². The van der Waals surface area contributed by atoms with Gasteiger partial charge in [0.1, 0.15) is 6.61 Å². The van der Waals surface area contributed by atoms with Crippen LogP contribution in [-0.2, 0) is 9.53 Å². The highest BCUT2D eigenvalue weighted by atomic mass is 16.5. The van der Waals surface area contributed by atoms with E-state index in [9.17, 15) is 4.79 Å². The van der Waals surface area contributed by atoms with Crippen LogP contribution in [0.5, 0.6) is 0 Å². The third-order valence-electron chi connectivity index (χ3n) is 1.45. The van der Waals surface area contributed by atoms with Crippen molar-refractivity contribution in [3.8, 4) is 0 Å². The second-order valence-electron chi connectivity index (χ2n) is 2.61. The molecule has 0 spiro atoms. The lowest BCUT2D eigenvalue weighted by atomic mass is 10.3. The van der Waals surface area contributed by atoms with Crippen LogP contribution in [0.15, 0.2) is 24.3 Å². The topological polar surface area (TPSA) is 64.3 Å². The van der Waals surface area contributed by atoms with E-state index in [-0.39, 0.29) is 12.5 Å². The van der Waals surface area contributed by atoms with Crippen LogP contribution in [0.1, 0.15) is 0 Å². The number of rotatable bonds is 3. The standard InChI is InChI=1S/C9H12N2O2/c1-13-6-9(12)11-8-4-2-3-7(10)5-8/h2-5H,6,10H2,1H3,(H,11,12). The Kier molecular flexibility index (Phi) is 3.28. The van der Waals surface area contributed by atoms with Crippen LogP contribution in [-0.4, -0.2) is 19.6 Å². The molecule has 4 nitrogen and oxygen atoms in total. The molecule has 0 aliphatic heterocycles. The summed E-state index contributed by atoms with van der Waals surface area (Å²) in [5.74, 6) is -0.187. The molecule has 0 aromatic heterocycles. The van der Waals surface area contributed by atoms with Crippen molar-refractivity contribution in [3.63, 3.8) is 0 Å². The fourth-order valence-electron chi connectivity index (χ4n) is 0.945. The largest absolute Gasteiger partial charge is 0.399 e. The van der Waals surface area contributed by atoms with E-state index in [1.165, 1.54) is 7.11 Å². The van der Waals surface area contributed by atoms with Gasteiger partial charge in [0.2, 0.25) is 5.91 Å². The Morgan fingerprint density at radius 1 is 1.62 bits per heavy atom. The highest BCUT2D eigenvalue weighted by Gasteiger charge is 2.00. The Morgan fingerprint density at radius 3 is 3.00 bits per heavy atom. The van der Waals surface area contributed by atoms with Crippen molar-refractivity contribution in [2.24, 2.45) is 0 Å². The molecule has 70 valence electrons. The third kappa shape index (κ3) is 3.13. The fraction of sp³-hybridized carbons (Fsp3) is 0.222. The molecule has 0 aliphatic carbocycles. The molecule has 0 aliphatic rings. The van der Waals surface area contributed by atoms with Crippen LogP contribution in [0, 0.1) is 0 Å². The molecule has 0 unspecified atom stereocenters. The van der Waals surface area contributed by atoms with Gasteiger partial charge in [0.25, 0.3) is 0 Å². The van der Waals surface area contributed by atoms with Crippen molar-refractivity contribution in [2.45, 2.75) is 0 Å². The van der Waals surface area contributed by atoms with E-state index in [4.69, 9.17) is 5.73 Å². The molecule has 0 saturated heterocycles. The lowest BCUT2D eigenvalue weighted by Crippen LogP contribution is -2.17. The summed E-state index contributed by atoms with van der Waals surface area (Å²) in [5.41, 5.74) is 6.83. The number of nitrogens with one attached hydrogen (secondary N) is 1. The second-order valence-corrected chi connectivity index (χ2v) is 2.61. The zero-order chi connectivity index (χ0) is 9.68. The molecular formula is C9H12N2O2. The van der Waals surface area contributed by atoms with Crippen molar-refractivity contribution < 1.29 is 9.53 Å². The zero-order valence-electron chi connectivity index (χ0n) is 7.41. The molecule has 13 heavy (non-hydrogen) atoms. The van der Waals surface area contributed by atoms with E-state index in [2.05, 4.69) is 10.1 Å². The molecular weight excluding hydrogens is 168 g/mol. The van der Waals surface area contributed by atoms with Crippen LogP contribution >= 0.6 is 0 Å². The van der Waals surface area contributed by atoms with Gasteiger partial charge in [-0.1, -0.05) is 6.07 Å². The van der Waals surface area contributed by atoms with E-state index in [0.29, 0.717) is 11.4 Å². The van der Waals surface area contributed by atoms with Crippen LogP contribution in [0.2, 0.25) is 0 Å². The highest BCUT2D eigenvalue weighted by molar-refractivity contribution is 5.92. The summed E-state index contributed by atoms with van der Waals surface area (Å²) in [5, 5.41) is 2.64. The van der Waals surface area contributed by atoms with Crippen LogP contribution < -0.4 is 11.1 Å². The van der Waals surface area contributed by atoms with E-state index in [1.807, 2.05) is 0 Å². The maximum Gasteiger partial charge on any atom is 0.250 e. The number of nitrogens with two attached hydrogens (primary N) is 1. The predicted octanol–water partition coefficient (Wildman–Crippen LogP) is 0.854. The van der Waals surface area contributed by atoms with Gasteiger partial charge < -0.3 is 15.8 Å². The number of nitrogen functional groups attached to an aromatic ring is 1. The summed E-state index contributed by atoms with van der Waals surface area (Å²) in [7, 11) is 1.47. The van der Waals surface area contributed by atoms with Crippen molar-refractivity contribution in [1.29, 1.82) is 0 Å². The molecule has 1 rings (SSSR count). The van der Waals surface area contributed by atoms with Crippen LogP contribution in [0.25, 0.3) is 0 Å². The third-order valence-corrected chi connectivity index (χ3v) is 1.45. The van der Waals surface area contributed by atoms with Crippen molar-refractivity contribution in [3.05, 3.63) is 24.3 Å². The van der Waals surface area contributed by atoms with Crippen molar-refractivity contribution >= 4 is 17.3 Å². The molecule has 1 aromatic rings. The summed E-state index contributed by atoms with van der Waals surface area (Å²) >= 11 is 0. The molecule has 0 heterocycles. The smallest absolute Gasteiger partial charge is 0.250 e. The number of anilines is 2. The second kappa shape index (κ2) is 4.47. The number of methoxy groups -OCH3 is 1. The lowest BCUT2D eigenvalue weighted by Gasteiger charge is -2.04. The summed E-state index contributed by atoms with van der Waals surface area (Å²) < 4.78 is 4.66. The van der Waals surface area contributed by atoms with Crippen LogP contribution in [0.4, 0.5) is 11.4 Å². The first kappa shape index (κ1) is 9.54. The Hall–Kier alpha value is -1.55. The average molecular weight is 180 g/mol. The number of hydrogen-bond donors (Lipinski definition) is 2. The molecule has 0 bridgehead atoms. The molecule has 3 N–H and O–H groups in total. The fourth-order valence-corrected chi connectivity index (χ4v) is 0.945. The highest BCUT2D eigenvalue weighted by Crippen LogP contribution is 2.11. The van der Waals surface area contributed by atoms with Crippen molar-refractivity contribution in [1.82, 2.24) is 0 Å². The van der Waals surface area contributed by atoms with E-state index < -0.39 is 0 Å². The number of benzene rings is 1.